The zero-order valence-electron chi connectivity index (χ0n) is 13.8. The third-order valence-corrected chi connectivity index (χ3v) is 4.13. The van der Waals surface area contributed by atoms with Gasteiger partial charge in [-0.3, -0.25) is 9.78 Å². The molecular weight excluding hydrogens is 354 g/mol. The van der Waals surface area contributed by atoms with Gasteiger partial charge < -0.3 is 10.2 Å². The maximum atomic E-state index is 12.4. The first kappa shape index (κ1) is 17.5. The van der Waals surface area contributed by atoms with Crippen molar-refractivity contribution < 1.29 is 4.79 Å². The van der Waals surface area contributed by atoms with Crippen LogP contribution in [0.2, 0.25) is 0 Å². The lowest BCUT2D eigenvalue weighted by Gasteiger charge is -2.17. The molecule has 5 heteroatoms. The summed E-state index contributed by atoms with van der Waals surface area (Å²) in [6, 6.07) is 9.71. The molecular formula is C18H22BrN3O. The number of nitrogens with one attached hydrogen (secondary N) is 1. The highest BCUT2D eigenvalue weighted by Crippen LogP contribution is 2.24. The minimum absolute atomic E-state index is 0.0466. The van der Waals surface area contributed by atoms with Crippen molar-refractivity contribution in [2.75, 3.05) is 18.9 Å². The topological polar surface area (TPSA) is 45.2 Å². The van der Waals surface area contributed by atoms with Crippen molar-refractivity contribution in [2.24, 2.45) is 0 Å². The summed E-state index contributed by atoms with van der Waals surface area (Å²) in [6.45, 7) is 4.90. The molecule has 1 heterocycles. The molecule has 1 amide bonds. The molecule has 0 aliphatic heterocycles. The maximum Gasteiger partial charge on any atom is 0.272 e. The highest BCUT2D eigenvalue weighted by molar-refractivity contribution is 9.10. The second-order valence-corrected chi connectivity index (χ2v) is 6.51. The van der Waals surface area contributed by atoms with Crippen molar-refractivity contribution in [3.63, 3.8) is 0 Å². The summed E-state index contributed by atoms with van der Waals surface area (Å²) in [5, 5.41) is 3.35. The van der Waals surface area contributed by atoms with E-state index < -0.39 is 0 Å². The van der Waals surface area contributed by atoms with Crippen LogP contribution in [-0.4, -0.2) is 29.4 Å². The molecule has 0 aliphatic rings. The number of carbonyl (C=O) groups excluding carboxylic acids is 1. The van der Waals surface area contributed by atoms with E-state index in [0.29, 0.717) is 5.69 Å². The number of pyridine rings is 1. The van der Waals surface area contributed by atoms with Gasteiger partial charge >= 0.3 is 0 Å². The summed E-state index contributed by atoms with van der Waals surface area (Å²) in [4.78, 5) is 18.3. The Hall–Kier alpha value is -1.88. The first-order valence-corrected chi connectivity index (χ1v) is 8.55. The van der Waals surface area contributed by atoms with E-state index in [1.807, 2.05) is 38.2 Å². The highest BCUT2D eigenvalue weighted by atomic mass is 79.9. The van der Waals surface area contributed by atoms with Crippen LogP contribution in [0.25, 0.3) is 0 Å². The zero-order valence-corrected chi connectivity index (χ0v) is 15.4. The molecule has 0 saturated heterocycles. The van der Waals surface area contributed by atoms with Crippen molar-refractivity contribution in [3.05, 3.63) is 52.3 Å². The van der Waals surface area contributed by atoms with E-state index in [2.05, 4.69) is 33.2 Å². The molecule has 2 aromatic rings. The van der Waals surface area contributed by atoms with E-state index >= 15 is 0 Å². The average molecular weight is 376 g/mol. The molecule has 0 aliphatic carbocycles. The number of aromatic nitrogens is 1. The Kier molecular flexibility index (Phi) is 6.16. The Morgan fingerprint density at radius 2 is 2.09 bits per heavy atom. The monoisotopic (exact) mass is 375 g/mol. The first-order chi connectivity index (χ1) is 11.0. The van der Waals surface area contributed by atoms with Crippen molar-refractivity contribution >= 4 is 33.2 Å². The number of benzene rings is 1. The van der Waals surface area contributed by atoms with Gasteiger partial charge in [0.25, 0.3) is 5.91 Å². The predicted molar refractivity (Wildman–Crippen MR) is 98.3 cm³/mol. The van der Waals surface area contributed by atoms with Gasteiger partial charge in [0.05, 0.1) is 0 Å². The number of rotatable bonds is 6. The van der Waals surface area contributed by atoms with Crippen molar-refractivity contribution in [1.29, 1.82) is 0 Å². The lowest BCUT2D eigenvalue weighted by atomic mass is 10.2. The molecule has 1 aromatic carbocycles. The summed E-state index contributed by atoms with van der Waals surface area (Å²) >= 11 is 3.46. The summed E-state index contributed by atoms with van der Waals surface area (Å²) in [7, 11) is 1.82. The Morgan fingerprint density at radius 1 is 1.30 bits per heavy atom. The fraction of sp³-hybridized carbons (Fsp3) is 0.333. The van der Waals surface area contributed by atoms with Crippen LogP contribution in [0.3, 0.4) is 0 Å². The minimum Gasteiger partial charge on any atom is -0.355 e. The lowest BCUT2D eigenvalue weighted by molar-refractivity contribution is 0.0787. The third kappa shape index (κ3) is 4.79. The smallest absolute Gasteiger partial charge is 0.272 e. The van der Waals surface area contributed by atoms with Gasteiger partial charge in [-0.05, 0) is 49.2 Å². The van der Waals surface area contributed by atoms with E-state index in [1.54, 1.807) is 17.2 Å². The van der Waals surface area contributed by atoms with Crippen molar-refractivity contribution in [1.82, 2.24) is 9.88 Å². The number of halogens is 1. The molecule has 0 bridgehead atoms. The molecule has 23 heavy (non-hydrogen) atoms. The van der Waals surface area contributed by atoms with Crippen molar-refractivity contribution in [3.8, 4) is 0 Å². The number of aryl methyl sites for hydroxylation is 1. The highest BCUT2D eigenvalue weighted by Gasteiger charge is 2.13. The summed E-state index contributed by atoms with van der Waals surface area (Å²) in [5.41, 5.74) is 3.46. The molecule has 1 N–H and O–H groups in total. The summed E-state index contributed by atoms with van der Waals surface area (Å²) in [6.07, 6.45) is 3.73. The normalized spacial score (nSPS) is 10.4. The number of carbonyl (C=O) groups is 1. The molecule has 0 fully saturated rings. The SMILES string of the molecule is CCCCN(C)C(=O)c1cc(Nc2ccc(Br)cc2C)ccn1. The molecule has 2 rings (SSSR count). The molecule has 0 saturated carbocycles. The first-order valence-electron chi connectivity index (χ1n) is 7.76. The van der Waals surface area contributed by atoms with Gasteiger partial charge in [0, 0.05) is 35.6 Å². The predicted octanol–water partition coefficient (Wildman–Crippen LogP) is 4.77. The standard InChI is InChI=1S/C18H22BrN3O/c1-4-5-10-22(3)18(23)17-12-15(8-9-20-17)21-16-7-6-14(19)11-13(16)2/h6-9,11-12H,4-5,10H2,1-3H3,(H,20,21). The van der Waals surface area contributed by atoms with Gasteiger partial charge in [-0.2, -0.15) is 0 Å². The average Bonchev–Trinajstić information content (AvgIpc) is 2.55. The Bertz CT molecular complexity index is 688. The molecule has 4 nitrogen and oxygen atoms in total. The zero-order chi connectivity index (χ0) is 16.8. The van der Waals surface area contributed by atoms with Crippen molar-refractivity contribution in [2.45, 2.75) is 26.7 Å². The summed E-state index contributed by atoms with van der Waals surface area (Å²) < 4.78 is 1.05. The fourth-order valence-corrected chi connectivity index (χ4v) is 2.72. The minimum atomic E-state index is -0.0466. The van der Waals surface area contributed by atoms with E-state index in [0.717, 1.165) is 40.8 Å². The van der Waals surface area contributed by atoms with Gasteiger partial charge in [-0.25, -0.2) is 0 Å². The van der Waals surface area contributed by atoms with Crippen LogP contribution in [0.1, 0.15) is 35.8 Å². The molecule has 1 aromatic heterocycles. The Balaban J connectivity index is 2.14. The molecule has 0 radical (unpaired) electrons. The number of hydrogen-bond acceptors (Lipinski definition) is 3. The van der Waals surface area contributed by atoms with E-state index in [1.165, 1.54) is 0 Å². The van der Waals surface area contributed by atoms with Crippen LogP contribution in [0.5, 0.6) is 0 Å². The van der Waals surface area contributed by atoms with Crippen LogP contribution in [0.15, 0.2) is 41.0 Å². The van der Waals surface area contributed by atoms with Gasteiger partial charge in [0.2, 0.25) is 0 Å². The molecule has 0 unspecified atom stereocenters. The van der Waals surface area contributed by atoms with Crippen LogP contribution in [-0.2, 0) is 0 Å². The van der Waals surface area contributed by atoms with E-state index in [-0.39, 0.29) is 5.91 Å². The second-order valence-electron chi connectivity index (χ2n) is 5.59. The quantitative estimate of drug-likeness (QED) is 0.790. The molecule has 122 valence electrons. The van der Waals surface area contributed by atoms with E-state index in [9.17, 15) is 4.79 Å². The fourth-order valence-electron chi connectivity index (χ4n) is 2.24. The van der Waals surface area contributed by atoms with E-state index in [4.69, 9.17) is 0 Å². The number of unbranched alkanes of at least 4 members (excludes halogenated alkanes) is 1. The third-order valence-electron chi connectivity index (χ3n) is 3.64. The lowest BCUT2D eigenvalue weighted by Crippen LogP contribution is -2.28. The largest absolute Gasteiger partial charge is 0.355 e. The number of hydrogen-bond donors (Lipinski definition) is 1. The number of amides is 1. The second kappa shape index (κ2) is 8.11. The number of anilines is 2. The van der Waals surface area contributed by atoms with Gasteiger partial charge in [0.1, 0.15) is 5.69 Å². The Labute approximate surface area is 146 Å². The maximum absolute atomic E-state index is 12.4. The van der Waals surface area contributed by atoms with Crippen LogP contribution >= 0.6 is 15.9 Å². The van der Waals surface area contributed by atoms with Crippen LogP contribution in [0.4, 0.5) is 11.4 Å². The Morgan fingerprint density at radius 3 is 2.78 bits per heavy atom. The van der Waals surface area contributed by atoms with Crippen LogP contribution < -0.4 is 5.32 Å². The van der Waals surface area contributed by atoms with Gasteiger partial charge in [-0.1, -0.05) is 29.3 Å². The molecule has 0 spiro atoms. The number of nitrogens with zero attached hydrogens (tertiary/aromatic N) is 2. The molecule has 0 atom stereocenters. The van der Waals surface area contributed by atoms with Gasteiger partial charge in [-0.15, -0.1) is 0 Å². The van der Waals surface area contributed by atoms with Crippen LogP contribution in [0, 0.1) is 6.92 Å². The van der Waals surface area contributed by atoms with Gasteiger partial charge in [0.15, 0.2) is 0 Å². The summed E-state index contributed by atoms with van der Waals surface area (Å²) in [5.74, 6) is -0.0466.